The van der Waals surface area contributed by atoms with Gasteiger partial charge in [0.25, 0.3) is 0 Å². The van der Waals surface area contributed by atoms with Gasteiger partial charge in [-0.05, 0) is 29.8 Å². The first-order valence-electron chi connectivity index (χ1n) is 6.53. The summed E-state index contributed by atoms with van der Waals surface area (Å²) in [7, 11) is 1.40. The lowest BCUT2D eigenvalue weighted by atomic mass is 10.2. The quantitative estimate of drug-likeness (QED) is 0.750. The van der Waals surface area contributed by atoms with Crippen molar-refractivity contribution in [2.45, 2.75) is 16.5 Å². The number of nitrogens with one attached hydrogen (secondary N) is 1. The Morgan fingerprint density at radius 2 is 1.95 bits per heavy atom. The van der Waals surface area contributed by atoms with Crippen molar-refractivity contribution in [1.82, 2.24) is 9.97 Å². The molecule has 1 N–H and O–H groups in total. The molecule has 0 fully saturated rings. The van der Waals surface area contributed by atoms with E-state index >= 15 is 0 Å². The third-order valence-corrected chi connectivity index (χ3v) is 3.98. The Hall–Kier alpha value is -2.27. The number of fused-ring (bicyclic) bond motifs is 1. The van der Waals surface area contributed by atoms with Crippen LogP contribution in [0.1, 0.15) is 5.56 Å². The van der Waals surface area contributed by atoms with Gasteiger partial charge < -0.3 is 9.72 Å². The second-order valence-corrected chi connectivity index (χ2v) is 5.62. The molecule has 0 radical (unpaired) electrons. The zero-order valence-electron chi connectivity index (χ0n) is 11.5. The Labute approximate surface area is 126 Å². The summed E-state index contributed by atoms with van der Waals surface area (Å²) < 4.78 is 4.65. The summed E-state index contributed by atoms with van der Waals surface area (Å²) in [6.07, 6.45) is 0.298. The zero-order valence-corrected chi connectivity index (χ0v) is 12.3. The van der Waals surface area contributed by atoms with Crippen molar-refractivity contribution in [3.63, 3.8) is 0 Å². The highest BCUT2D eigenvalue weighted by Crippen LogP contribution is 2.27. The highest BCUT2D eigenvalue weighted by Gasteiger charge is 2.06. The van der Waals surface area contributed by atoms with Gasteiger partial charge in [0.05, 0.1) is 24.6 Å². The molecule has 4 nitrogen and oxygen atoms in total. The van der Waals surface area contributed by atoms with E-state index in [1.807, 2.05) is 48.5 Å². The number of methoxy groups -OCH3 is 1. The smallest absolute Gasteiger partial charge is 0.309 e. The van der Waals surface area contributed by atoms with Crippen LogP contribution in [0, 0.1) is 0 Å². The summed E-state index contributed by atoms with van der Waals surface area (Å²) in [5.74, 6) is -0.229. The van der Waals surface area contributed by atoms with Crippen LogP contribution in [-0.2, 0) is 16.0 Å². The van der Waals surface area contributed by atoms with Gasteiger partial charge in [-0.15, -0.1) is 0 Å². The normalized spacial score (nSPS) is 10.7. The molecule has 5 heteroatoms. The number of carbonyl (C=O) groups is 1. The van der Waals surface area contributed by atoms with E-state index in [2.05, 4.69) is 14.7 Å². The third kappa shape index (κ3) is 3.25. The Morgan fingerprint density at radius 3 is 2.67 bits per heavy atom. The van der Waals surface area contributed by atoms with Gasteiger partial charge in [0.2, 0.25) is 0 Å². The van der Waals surface area contributed by atoms with E-state index in [1.54, 1.807) is 11.8 Å². The van der Waals surface area contributed by atoms with Crippen molar-refractivity contribution in [2.24, 2.45) is 0 Å². The number of rotatable bonds is 4. The minimum Gasteiger partial charge on any atom is -0.469 e. The monoisotopic (exact) mass is 298 g/mol. The lowest BCUT2D eigenvalue weighted by molar-refractivity contribution is -0.139. The van der Waals surface area contributed by atoms with Gasteiger partial charge in [0.1, 0.15) is 0 Å². The fourth-order valence-corrected chi connectivity index (χ4v) is 2.80. The zero-order chi connectivity index (χ0) is 14.7. The summed E-state index contributed by atoms with van der Waals surface area (Å²) in [6, 6.07) is 15.8. The number of aromatic nitrogens is 2. The lowest BCUT2D eigenvalue weighted by Gasteiger charge is -2.02. The summed E-state index contributed by atoms with van der Waals surface area (Å²) in [5.41, 5.74) is 2.93. The molecule has 0 spiro atoms. The predicted molar refractivity (Wildman–Crippen MR) is 82.4 cm³/mol. The Bertz CT molecular complexity index is 732. The van der Waals surface area contributed by atoms with Crippen LogP contribution >= 0.6 is 11.8 Å². The van der Waals surface area contributed by atoms with Crippen molar-refractivity contribution in [1.29, 1.82) is 0 Å². The summed E-state index contributed by atoms with van der Waals surface area (Å²) in [4.78, 5) is 20.1. The Morgan fingerprint density at radius 1 is 1.19 bits per heavy atom. The van der Waals surface area contributed by atoms with Crippen molar-refractivity contribution >= 4 is 28.8 Å². The van der Waals surface area contributed by atoms with Gasteiger partial charge in [0.15, 0.2) is 5.16 Å². The molecule has 3 rings (SSSR count). The fourth-order valence-electron chi connectivity index (χ4n) is 2.00. The lowest BCUT2D eigenvalue weighted by Crippen LogP contribution is -2.03. The molecule has 0 aliphatic heterocycles. The molecule has 0 unspecified atom stereocenters. The number of ether oxygens (including phenoxy) is 1. The van der Waals surface area contributed by atoms with Gasteiger partial charge in [-0.3, -0.25) is 4.79 Å². The van der Waals surface area contributed by atoms with Crippen molar-refractivity contribution in [2.75, 3.05) is 7.11 Å². The minimum absolute atomic E-state index is 0.229. The van der Waals surface area contributed by atoms with Crippen LogP contribution in [0.15, 0.2) is 58.6 Å². The minimum atomic E-state index is -0.229. The van der Waals surface area contributed by atoms with Gasteiger partial charge in [0, 0.05) is 4.90 Å². The van der Waals surface area contributed by atoms with Crippen molar-refractivity contribution in [3.8, 4) is 0 Å². The molecule has 0 saturated heterocycles. The van der Waals surface area contributed by atoms with Crippen molar-refractivity contribution < 1.29 is 9.53 Å². The molecule has 0 bridgehead atoms. The van der Waals surface area contributed by atoms with E-state index in [1.165, 1.54) is 7.11 Å². The van der Waals surface area contributed by atoms with Gasteiger partial charge in [-0.1, -0.05) is 36.0 Å². The Kier molecular flexibility index (Phi) is 3.92. The van der Waals surface area contributed by atoms with Gasteiger partial charge in [-0.2, -0.15) is 0 Å². The molecule has 0 atom stereocenters. The van der Waals surface area contributed by atoms with E-state index in [9.17, 15) is 4.79 Å². The second kappa shape index (κ2) is 6.01. The molecule has 3 aromatic rings. The molecule has 1 aromatic heterocycles. The largest absolute Gasteiger partial charge is 0.469 e. The highest BCUT2D eigenvalue weighted by molar-refractivity contribution is 7.99. The van der Waals surface area contributed by atoms with E-state index in [0.29, 0.717) is 6.42 Å². The predicted octanol–water partition coefficient (Wildman–Crippen LogP) is 3.43. The fraction of sp³-hybridized carbons (Fsp3) is 0.125. The van der Waals surface area contributed by atoms with E-state index in [0.717, 1.165) is 26.6 Å². The molecule has 0 amide bonds. The standard InChI is InChI=1S/C16H14N2O2S/c1-20-15(19)10-11-6-8-12(9-7-11)21-16-17-13-4-2-3-5-14(13)18-16/h2-9H,10H2,1H3,(H,17,18). The number of imidazole rings is 1. The first-order chi connectivity index (χ1) is 10.2. The van der Waals surface area contributed by atoms with Crippen LogP contribution in [0.25, 0.3) is 11.0 Å². The average molecular weight is 298 g/mol. The van der Waals surface area contributed by atoms with E-state index in [-0.39, 0.29) is 5.97 Å². The van der Waals surface area contributed by atoms with Gasteiger partial charge in [-0.25, -0.2) is 4.98 Å². The summed E-state index contributed by atoms with van der Waals surface area (Å²) in [6.45, 7) is 0. The molecule has 106 valence electrons. The maximum atomic E-state index is 11.2. The number of para-hydroxylation sites is 2. The Balaban J connectivity index is 1.74. The number of benzene rings is 2. The molecule has 0 aliphatic rings. The maximum Gasteiger partial charge on any atom is 0.309 e. The number of hydrogen-bond donors (Lipinski definition) is 1. The number of carbonyl (C=O) groups excluding carboxylic acids is 1. The van der Waals surface area contributed by atoms with Gasteiger partial charge >= 0.3 is 5.97 Å². The number of H-pyrrole nitrogens is 1. The number of hydrogen-bond acceptors (Lipinski definition) is 4. The van der Waals surface area contributed by atoms with Crippen molar-refractivity contribution in [3.05, 3.63) is 54.1 Å². The second-order valence-electron chi connectivity index (χ2n) is 4.56. The number of nitrogens with zero attached hydrogens (tertiary/aromatic N) is 1. The highest BCUT2D eigenvalue weighted by atomic mass is 32.2. The molecule has 21 heavy (non-hydrogen) atoms. The van der Waals surface area contributed by atoms with E-state index < -0.39 is 0 Å². The van der Waals surface area contributed by atoms with Crippen LogP contribution in [0.5, 0.6) is 0 Å². The van der Waals surface area contributed by atoms with Crippen LogP contribution in [0.4, 0.5) is 0 Å². The molecule has 2 aromatic carbocycles. The SMILES string of the molecule is COC(=O)Cc1ccc(Sc2nc3ccccc3[nH]2)cc1. The first kappa shape index (κ1) is 13.7. The topological polar surface area (TPSA) is 55.0 Å². The number of aromatic amines is 1. The molecule has 0 saturated carbocycles. The molecule has 1 heterocycles. The molecular formula is C16H14N2O2S. The molecule has 0 aliphatic carbocycles. The summed E-state index contributed by atoms with van der Waals surface area (Å²) in [5, 5.41) is 0.858. The average Bonchev–Trinajstić information content (AvgIpc) is 2.91. The van der Waals surface area contributed by atoms with E-state index in [4.69, 9.17) is 0 Å². The first-order valence-corrected chi connectivity index (χ1v) is 7.34. The summed E-state index contributed by atoms with van der Waals surface area (Å²) >= 11 is 1.56. The van der Waals surface area contributed by atoms with Crippen LogP contribution in [-0.4, -0.2) is 23.0 Å². The van der Waals surface area contributed by atoms with Crippen LogP contribution in [0.2, 0.25) is 0 Å². The maximum absolute atomic E-state index is 11.2. The number of esters is 1. The molecular weight excluding hydrogens is 284 g/mol. The van der Waals surface area contributed by atoms with Crippen LogP contribution < -0.4 is 0 Å². The third-order valence-electron chi connectivity index (χ3n) is 3.08. The van der Waals surface area contributed by atoms with Crippen LogP contribution in [0.3, 0.4) is 0 Å².